The molecule has 2 aromatic carbocycles. The van der Waals surface area contributed by atoms with E-state index >= 15 is 0 Å². The zero-order valence-corrected chi connectivity index (χ0v) is 21.2. The summed E-state index contributed by atoms with van der Waals surface area (Å²) in [5.74, 6) is 0.212. The summed E-state index contributed by atoms with van der Waals surface area (Å²) >= 11 is 1.59. The molecule has 2 unspecified atom stereocenters. The number of esters is 1. The lowest BCUT2D eigenvalue weighted by atomic mass is 9.88. The molecule has 1 fully saturated rings. The molecule has 0 bridgehead atoms. The maximum atomic E-state index is 13.5. The van der Waals surface area contributed by atoms with E-state index in [1.807, 2.05) is 48.0 Å². The second-order valence-corrected chi connectivity index (χ2v) is 11.2. The number of rotatable bonds is 7. The van der Waals surface area contributed by atoms with E-state index in [0.717, 1.165) is 35.1 Å². The fraction of sp³-hybridized carbons (Fsp3) is 0.346. The molecule has 6 nitrogen and oxygen atoms in total. The van der Waals surface area contributed by atoms with Gasteiger partial charge < -0.3 is 9.47 Å². The molecule has 8 heteroatoms. The van der Waals surface area contributed by atoms with Crippen molar-refractivity contribution in [2.24, 2.45) is 0 Å². The van der Waals surface area contributed by atoms with E-state index in [4.69, 9.17) is 9.47 Å². The Kier molecular flexibility index (Phi) is 7.40. The molecule has 2 atom stereocenters. The second-order valence-electron chi connectivity index (χ2n) is 8.50. The average Bonchev–Trinajstić information content (AvgIpc) is 3.40. The molecular weight excluding hydrogens is 470 g/mol. The van der Waals surface area contributed by atoms with Gasteiger partial charge in [0, 0.05) is 13.1 Å². The first kappa shape index (κ1) is 24.4. The lowest BCUT2D eigenvalue weighted by Gasteiger charge is -2.33. The molecule has 1 aliphatic rings. The first-order valence-electron chi connectivity index (χ1n) is 11.3. The monoisotopic (exact) mass is 499 g/mol. The summed E-state index contributed by atoms with van der Waals surface area (Å²) in [6, 6.07) is 14.9. The number of carbonyl (C=O) groups excluding carboxylic acids is 1. The molecule has 1 aromatic heterocycles. The Balaban J connectivity index is 1.57. The normalized spacial score (nSPS) is 17.8. The second kappa shape index (κ2) is 10.3. The predicted octanol–water partition coefficient (Wildman–Crippen LogP) is 5.23. The van der Waals surface area contributed by atoms with E-state index < -0.39 is 22.1 Å². The molecule has 0 N–H and O–H groups in total. The third-order valence-electron chi connectivity index (χ3n) is 6.31. The van der Waals surface area contributed by atoms with Gasteiger partial charge in [-0.1, -0.05) is 24.3 Å². The number of sulfonamides is 1. The van der Waals surface area contributed by atoms with E-state index in [1.54, 1.807) is 40.8 Å². The van der Waals surface area contributed by atoms with Crippen LogP contribution in [0.2, 0.25) is 0 Å². The van der Waals surface area contributed by atoms with Crippen LogP contribution < -0.4 is 4.74 Å². The van der Waals surface area contributed by atoms with Gasteiger partial charge in [0.05, 0.1) is 12.0 Å². The Morgan fingerprint density at radius 3 is 2.68 bits per heavy atom. The predicted molar refractivity (Wildman–Crippen MR) is 134 cm³/mol. The van der Waals surface area contributed by atoms with E-state index in [0.29, 0.717) is 23.7 Å². The van der Waals surface area contributed by atoms with Gasteiger partial charge in [-0.15, -0.1) is 0 Å². The SMILES string of the molecule is COC(=O)C(C)Oc1cccc(C2CCCN(S(=O)(=O)c3cccc(-c4ccsc4)c3)C2)c1C. The van der Waals surface area contributed by atoms with Crippen LogP contribution in [0.25, 0.3) is 11.1 Å². The largest absolute Gasteiger partial charge is 0.479 e. The molecule has 34 heavy (non-hydrogen) atoms. The van der Waals surface area contributed by atoms with Crippen LogP contribution in [0, 0.1) is 6.92 Å². The third-order valence-corrected chi connectivity index (χ3v) is 8.86. The minimum absolute atomic E-state index is 0.0422. The molecule has 3 aromatic rings. The summed E-state index contributed by atoms with van der Waals surface area (Å²) in [7, 11) is -2.30. The molecule has 0 radical (unpaired) electrons. The maximum absolute atomic E-state index is 13.5. The Morgan fingerprint density at radius 1 is 1.15 bits per heavy atom. The number of hydrogen-bond acceptors (Lipinski definition) is 6. The molecule has 4 rings (SSSR count). The van der Waals surface area contributed by atoms with Gasteiger partial charge in [-0.25, -0.2) is 13.2 Å². The van der Waals surface area contributed by atoms with E-state index in [-0.39, 0.29) is 5.92 Å². The molecule has 180 valence electrons. The standard InChI is InChI=1S/C26H29NO5S2/c1-18-24(10-5-11-25(18)32-19(2)26(28)31-3)21-8-6-13-27(16-21)34(29,30)23-9-4-7-20(15-23)22-12-14-33-17-22/h4-5,7,9-12,14-15,17,19,21H,6,8,13,16H2,1-3H3. The van der Waals surface area contributed by atoms with Crippen molar-refractivity contribution in [1.29, 1.82) is 0 Å². The minimum atomic E-state index is -3.63. The van der Waals surface area contributed by atoms with Gasteiger partial charge in [0.15, 0.2) is 6.10 Å². The molecule has 2 heterocycles. The Labute approximate surface area is 205 Å². The van der Waals surface area contributed by atoms with Crippen molar-refractivity contribution in [3.63, 3.8) is 0 Å². The van der Waals surface area contributed by atoms with Crippen LogP contribution in [0.15, 0.2) is 64.2 Å². The fourth-order valence-corrected chi connectivity index (χ4v) is 6.67. The molecule has 0 saturated carbocycles. The quantitative estimate of drug-likeness (QED) is 0.416. The van der Waals surface area contributed by atoms with E-state index in [2.05, 4.69) is 0 Å². The van der Waals surface area contributed by atoms with Gasteiger partial charge in [-0.05, 0) is 89.9 Å². The molecule has 0 amide bonds. The Morgan fingerprint density at radius 2 is 1.94 bits per heavy atom. The zero-order chi connectivity index (χ0) is 24.3. The van der Waals surface area contributed by atoms with Crippen LogP contribution in [-0.2, 0) is 19.6 Å². The first-order chi connectivity index (χ1) is 16.3. The maximum Gasteiger partial charge on any atom is 0.346 e. The number of piperidine rings is 1. The summed E-state index contributed by atoms with van der Waals surface area (Å²) in [4.78, 5) is 12.1. The van der Waals surface area contributed by atoms with Crippen LogP contribution in [0.5, 0.6) is 5.75 Å². The molecule has 0 aliphatic carbocycles. The number of methoxy groups -OCH3 is 1. The van der Waals surface area contributed by atoms with Crippen molar-refractivity contribution in [3.05, 3.63) is 70.4 Å². The fourth-order valence-electron chi connectivity index (χ4n) is 4.43. The van der Waals surface area contributed by atoms with E-state index in [1.165, 1.54) is 7.11 Å². The number of nitrogens with zero attached hydrogens (tertiary/aromatic N) is 1. The van der Waals surface area contributed by atoms with Gasteiger partial charge in [0.1, 0.15) is 5.75 Å². The number of carbonyl (C=O) groups is 1. The molecule has 1 aliphatic heterocycles. The topological polar surface area (TPSA) is 72.9 Å². The molecule has 0 spiro atoms. The first-order valence-corrected chi connectivity index (χ1v) is 13.7. The lowest BCUT2D eigenvalue weighted by Crippen LogP contribution is -2.39. The highest BCUT2D eigenvalue weighted by molar-refractivity contribution is 7.89. The van der Waals surface area contributed by atoms with Gasteiger partial charge in [-0.3, -0.25) is 0 Å². The highest BCUT2D eigenvalue weighted by atomic mass is 32.2. The van der Waals surface area contributed by atoms with Gasteiger partial charge in [0.2, 0.25) is 10.0 Å². The highest BCUT2D eigenvalue weighted by Gasteiger charge is 2.32. The Bertz CT molecular complexity index is 1250. The smallest absolute Gasteiger partial charge is 0.346 e. The van der Waals surface area contributed by atoms with Gasteiger partial charge in [-0.2, -0.15) is 15.6 Å². The van der Waals surface area contributed by atoms with Crippen LogP contribution in [-0.4, -0.2) is 45.0 Å². The summed E-state index contributed by atoms with van der Waals surface area (Å²) in [5, 5.41) is 4.00. The van der Waals surface area contributed by atoms with Crippen LogP contribution >= 0.6 is 11.3 Å². The van der Waals surface area contributed by atoms with Crippen molar-refractivity contribution >= 4 is 27.3 Å². The van der Waals surface area contributed by atoms with Crippen molar-refractivity contribution < 1.29 is 22.7 Å². The highest BCUT2D eigenvalue weighted by Crippen LogP contribution is 2.35. The van der Waals surface area contributed by atoms with Crippen LogP contribution in [0.4, 0.5) is 0 Å². The summed E-state index contributed by atoms with van der Waals surface area (Å²) in [5.41, 5.74) is 3.88. The van der Waals surface area contributed by atoms with Gasteiger partial charge in [0.25, 0.3) is 0 Å². The number of hydrogen-bond donors (Lipinski definition) is 0. The molecule has 1 saturated heterocycles. The van der Waals surface area contributed by atoms with Crippen molar-refractivity contribution in [1.82, 2.24) is 4.31 Å². The van der Waals surface area contributed by atoms with Crippen molar-refractivity contribution in [2.75, 3.05) is 20.2 Å². The number of thiophene rings is 1. The van der Waals surface area contributed by atoms with Crippen molar-refractivity contribution in [3.8, 4) is 16.9 Å². The minimum Gasteiger partial charge on any atom is -0.479 e. The zero-order valence-electron chi connectivity index (χ0n) is 19.6. The average molecular weight is 500 g/mol. The lowest BCUT2D eigenvalue weighted by molar-refractivity contribution is -0.147. The number of ether oxygens (including phenoxy) is 2. The Hall–Kier alpha value is -2.68. The summed E-state index contributed by atoms with van der Waals surface area (Å²) in [6.07, 6.45) is 0.937. The van der Waals surface area contributed by atoms with Gasteiger partial charge >= 0.3 is 5.97 Å². The van der Waals surface area contributed by atoms with Crippen LogP contribution in [0.3, 0.4) is 0 Å². The molecular formula is C26H29NO5S2. The van der Waals surface area contributed by atoms with E-state index in [9.17, 15) is 13.2 Å². The number of benzene rings is 2. The van der Waals surface area contributed by atoms with Crippen molar-refractivity contribution in [2.45, 2.75) is 43.6 Å². The summed E-state index contributed by atoms with van der Waals surface area (Å²) < 4.78 is 39.3. The van der Waals surface area contributed by atoms with Crippen LogP contribution in [0.1, 0.15) is 36.8 Å². The summed E-state index contributed by atoms with van der Waals surface area (Å²) in [6.45, 7) is 4.50. The third kappa shape index (κ3) is 5.04.